The van der Waals surface area contributed by atoms with E-state index in [9.17, 15) is 18.3 Å². The SMILES string of the molecule is O=C(O)CC(O)CNC1CCCS(=O)(=O)C1. The zero-order valence-electron chi connectivity index (χ0n) is 8.92. The predicted molar refractivity (Wildman–Crippen MR) is 57.9 cm³/mol. The molecule has 0 aromatic rings. The van der Waals surface area contributed by atoms with E-state index in [1.54, 1.807) is 0 Å². The molecular weight excluding hydrogens is 234 g/mol. The minimum Gasteiger partial charge on any atom is -0.481 e. The molecule has 0 spiro atoms. The highest BCUT2D eigenvalue weighted by Gasteiger charge is 2.24. The van der Waals surface area contributed by atoms with Crippen LogP contribution in [0.2, 0.25) is 0 Å². The second-order valence-corrected chi connectivity index (χ2v) is 6.34. The number of nitrogens with one attached hydrogen (secondary N) is 1. The number of hydrogen-bond donors (Lipinski definition) is 3. The summed E-state index contributed by atoms with van der Waals surface area (Å²) in [7, 11) is -2.96. The molecule has 1 aliphatic rings. The van der Waals surface area contributed by atoms with Gasteiger partial charge in [-0.2, -0.15) is 0 Å². The summed E-state index contributed by atoms with van der Waals surface area (Å²) in [4.78, 5) is 10.3. The van der Waals surface area contributed by atoms with Crippen LogP contribution in [0.15, 0.2) is 0 Å². The molecule has 6 nitrogen and oxygen atoms in total. The zero-order chi connectivity index (χ0) is 12.2. The second-order valence-electron chi connectivity index (χ2n) is 4.11. The monoisotopic (exact) mass is 251 g/mol. The summed E-state index contributed by atoms with van der Waals surface area (Å²) in [5, 5.41) is 20.6. The molecule has 0 amide bonds. The van der Waals surface area contributed by atoms with Gasteiger partial charge in [-0.05, 0) is 12.8 Å². The molecule has 1 heterocycles. The first-order chi connectivity index (χ1) is 7.39. The number of aliphatic hydroxyl groups excluding tert-OH is 1. The molecule has 1 rings (SSSR count). The number of sulfone groups is 1. The molecule has 0 bridgehead atoms. The highest BCUT2D eigenvalue weighted by atomic mass is 32.2. The molecular formula is C9H17NO5S. The van der Waals surface area contributed by atoms with Crippen molar-refractivity contribution in [1.29, 1.82) is 0 Å². The molecule has 0 radical (unpaired) electrons. The van der Waals surface area contributed by atoms with Crippen molar-refractivity contribution in [3.8, 4) is 0 Å². The van der Waals surface area contributed by atoms with Crippen molar-refractivity contribution in [2.24, 2.45) is 0 Å². The molecule has 0 aromatic carbocycles. The fourth-order valence-corrected chi connectivity index (χ4v) is 3.43. The predicted octanol–water partition coefficient (Wildman–Crippen LogP) is -1.01. The van der Waals surface area contributed by atoms with Gasteiger partial charge >= 0.3 is 5.97 Å². The lowest BCUT2D eigenvalue weighted by molar-refractivity contribution is -0.139. The van der Waals surface area contributed by atoms with E-state index in [1.807, 2.05) is 0 Å². The van der Waals surface area contributed by atoms with Crippen LogP contribution in [-0.4, -0.2) is 54.8 Å². The van der Waals surface area contributed by atoms with Crippen molar-refractivity contribution in [2.75, 3.05) is 18.1 Å². The van der Waals surface area contributed by atoms with Gasteiger partial charge in [0.05, 0.1) is 24.0 Å². The van der Waals surface area contributed by atoms with E-state index >= 15 is 0 Å². The van der Waals surface area contributed by atoms with Crippen molar-refractivity contribution in [3.05, 3.63) is 0 Å². The fourth-order valence-electron chi connectivity index (χ4n) is 1.76. The third-order valence-corrected chi connectivity index (χ3v) is 4.34. The molecule has 2 unspecified atom stereocenters. The number of rotatable bonds is 5. The maximum Gasteiger partial charge on any atom is 0.306 e. The standard InChI is InChI=1S/C9H17NO5S/c11-8(4-9(12)13)5-10-7-2-1-3-16(14,15)6-7/h7-8,10-11H,1-6H2,(H,12,13). The summed E-state index contributed by atoms with van der Waals surface area (Å²) in [5.41, 5.74) is 0. The Balaban J connectivity index is 2.30. The van der Waals surface area contributed by atoms with Crippen LogP contribution in [0.1, 0.15) is 19.3 Å². The van der Waals surface area contributed by atoms with Gasteiger partial charge in [-0.25, -0.2) is 8.42 Å². The molecule has 1 saturated heterocycles. The van der Waals surface area contributed by atoms with Crippen LogP contribution in [0.4, 0.5) is 0 Å². The first-order valence-corrected chi connectivity index (χ1v) is 7.05. The minimum absolute atomic E-state index is 0.0762. The van der Waals surface area contributed by atoms with Gasteiger partial charge in [0, 0.05) is 12.6 Å². The van der Waals surface area contributed by atoms with E-state index in [0.717, 1.165) is 6.42 Å². The summed E-state index contributed by atoms with van der Waals surface area (Å²) in [6, 6.07) is -0.165. The van der Waals surface area contributed by atoms with Gasteiger partial charge in [-0.3, -0.25) is 4.79 Å². The lowest BCUT2D eigenvalue weighted by Gasteiger charge is -2.24. The summed E-state index contributed by atoms with van der Waals surface area (Å²) in [6.07, 6.45) is 0.0719. The first kappa shape index (κ1) is 13.4. The Bertz CT molecular complexity index is 340. The Hall–Kier alpha value is -0.660. The topological polar surface area (TPSA) is 104 Å². The number of aliphatic carboxylic acids is 1. The average Bonchev–Trinajstić information content (AvgIpc) is 2.12. The summed E-state index contributed by atoms with van der Waals surface area (Å²) in [6.45, 7) is 0.118. The Morgan fingerprint density at radius 3 is 2.75 bits per heavy atom. The van der Waals surface area contributed by atoms with Crippen LogP contribution in [-0.2, 0) is 14.6 Å². The third-order valence-electron chi connectivity index (χ3n) is 2.52. The van der Waals surface area contributed by atoms with Crippen LogP contribution >= 0.6 is 0 Å². The lowest BCUT2D eigenvalue weighted by Crippen LogP contribution is -2.43. The number of carboxylic acid groups (broad SMARTS) is 1. The molecule has 16 heavy (non-hydrogen) atoms. The van der Waals surface area contributed by atoms with Crippen LogP contribution in [0.3, 0.4) is 0 Å². The van der Waals surface area contributed by atoms with Gasteiger partial charge in [-0.15, -0.1) is 0 Å². The van der Waals surface area contributed by atoms with Crippen LogP contribution in [0.5, 0.6) is 0 Å². The Labute approximate surface area is 94.6 Å². The Morgan fingerprint density at radius 1 is 1.50 bits per heavy atom. The fraction of sp³-hybridized carbons (Fsp3) is 0.889. The molecule has 94 valence electrons. The largest absolute Gasteiger partial charge is 0.481 e. The third kappa shape index (κ3) is 4.91. The van der Waals surface area contributed by atoms with Crippen molar-refractivity contribution in [2.45, 2.75) is 31.4 Å². The molecule has 0 saturated carbocycles. The first-order valence-electron chi connectivity index (χ1n) is 5.23. The minimum atomic E-state index is -2.96. The quantitative estimate of drug-likeness (QED) is 0.578. The van der Waals surface area contributed by atoms with Gasteiger partial charge in [0.1, 0.15) is 0 Å². The molecule has 1 fully saturated rings. The highest BCUT2D eigenvalue weighted by Crippen LogP contribution is 2.11. The number of hydrogen-bond acceptors (Lipinski definition) is 5. The van der Waals surface area contributed by atoms with Crippen molar-refractivity contribution in [1.82, 2.24) is 5.32 Å². The van der Waals surface area contributed by atoms with Gasteiger partial charge in [0.25, 0.3) is 0 Å². The summed E-state index contributed by atoms with van der Waals surface area (Å²) < 4.78 is 22.6. The smallest absolute Gasteiger partial charge is 0.306 e. The average molecular weight is 251 g/mol. The van der Waals surface area contributed by atoms with Crippen molar-refractivity contribution in [3.63, 3.8) is 0 Å². The van der Waals surface area contributed by atoms with Gasteiger partial charge in [-0.1, -0.05) is 0 Å². The molecule has 7 heteroatoms. The maximum absolute atomic E-state index is 11.3. The van der Waals surface area contributed by atoms with E-state index in [0.29, 0.717) is 6.42 Å². The van der Waals surface area contributed by atoms with E-state index in [2.05, 4.69) is 5.32 Å². The number of carbonyl (C=O) groups is 1. The van der Waals surface area contributed by atoms with Gasteiger partial charge in [0.15, 0.2) is 9.84 Å². The maximum atomic E-state index is 11.3. The number of carboxylic acids is 1. The van der Waals surface area contributed by atoms with Crippen molar-refractivity contribution >= 4 is 15.8 Å². The molecule has 0 aromatic heterocycles. The van der Waals surface area contributed by atoms with E-state index in [-0.39, 0.29) is 30.5 Å². The molecule has 0 aliphatic carbocycles. The van der Waals surface area contributed by atoms with E-state index < -0.39 is 21.9 Å². The van der Waals surface area contributed by atoms with Crippen molar-refractivity contribution < 1.29 is 23.4 Å². The molecule has 1 aliphatic heterocycles. The summed E-state index contributed by atoms with van der Waals surface area (Å²) in [5.74, 6) is -0.763. The highest BCUT2D eigenvalue weighted by molar-refractivity contribution is 7.91. The Kier molecular flexibility index (Phi) is 4.69. The molecule has 2 atom stereocenters. The normalized spacial score (nSPS) is 26.2. The zero-order valence-corrected chi connectivity index (χ0v) is 9.74. The lowest BCUT2D eigenvalue weighted by atomic mass is 10.1. The second kappa shape index (κ2) is 5.60. The van der Waals surface area contributed by atoms with Crippen LogP contribution in [0.25, 0.3) is 0 Å². The van der Waals surface area contributed by atoms with E-state index in [1.165, 1.54) is 0 Å². The summed E-state index contributed by atoms with van der Waals surface area (Å²) >= 11 is 0. The number of aliphatic hydroxyl groups is 1. The Morgan fingerprint density at radius 2 is 2.19 bits per heavy atom. The van der Waals surface area contributed by atoms with Crippen LogP contribution in [0, 0.1) is 0 Å². The van der Waals surface area contributed by atoms with Gasteiger partial charge in [0.2, 0.25) is 0 Å². The van der Waals surface area contributed by atoms with E-state index in [4.69, 9.17) is 5.11 Å². The van der Waals surface area contributed by atoms with Gasteiger partial charge < -0.3 is 15.5 Å². The van der Waals surface area contributed by atoms with Crippen LogP contribution < -0.4 is 5.32 Å². The molecule has 3 N–H and O–H groups in total.